The molecule has 2 heteroatoms. The quantitative estimate of drug-likeness (QED) is 0.138. The van der Waals surface area contributed by atoms with Crippen LogP contribution in [0, 0.1) is 5.82 Å². The normalized spacial score (nSPS) is 11.4. The standard InChI is InChI=1S/C50H36FN/c51-49-36-45(41-17-9-3-10-18-41)35-48(42-19-11-4-12-20-42)50(49)52(46-30-26-39(27-31-46)22-21-37-13-5-1-6-14-37)47-32-29-43-33-40(25-28-44(43)34-47)24-23-38-15-7-2-8-16-38/h1-36H/b22-21+,24-23+. The molecule has 0 radical (unpaired) electrons. The summed E-state index contributed by atoms with van der Waals surface area (Å²) in [5.41, 5.74) is 10.3. The summed E-state index contributed by atoms with van der Waals surface area (Å²) in [5.74, 6) is -0.297. The molecule has 0 aliphatic carbocycles. The van der Waals surface area contributed by atoms with E-state index < -0.39 is 0 Å². The largest absolute Gasteiger partial charge is 0.307 e. The van der Waals surface area contributed by atoms with Crippen LogP contribution in [0.2, 0.25) is 0 Å². The summed E-state index contributed by atoms with van der Waals surface area (Å²) in [6.45, 7) is 0. The van der Waals surface area contributed by atoms with Crippen molar-refractivity contribution in [2.75, 3.05) is 4.90 Å². The molecule has 8 rings (SSSR count). The summed E-state index contributed by atoms with van der Waals surface area (Å²) in [5, 5.41) is 2.19. The molecule has 0 saturated heterocycles. The number of anilines is 3. The lowest BCUT2D eigenvalue weighted by Crippen LogP contribution is -2.13. The fourth-order valence-corrected chi connectivity index (χ4v) is 6.61. The van der Waals surface area contributed by atoms with Gasteiger partial charge in [0.25, 0.3) is 0 Å². The second-order valence-corrected chi connectivity index (χ2v) is 12.8. The predicted octanol–water partition coefficient (Wildman–Crippen LogP) is 14.1. The zero-order valence-electron chi connectivity index (χ0n) is 28.6. The van der Waals surface area contributed by atoms with E-state index in [2.05, 4.69) is 120 Å². The first-order valence-corrected chi connectivity index (χ1v) is 17.5. The van der Waals surface area contributed by atoms with Crippen LogP contribution < -0.4 is 4.90 Å². The molecule has 0 N–H and O–H groups in total. The van der Waals surface area contributed by atoms with Crippen LogP contribution >= 0.6 is 0 Å². The van der Waals surface area contributed by atoms with E-state index in [4.69, 9.17) is 0 Å². The first-order valence-electron chi connectivity index (χ1n) is 17.5. The third-order valence-corrected chi connectivity index (χ3v) is 9.27. The van der Waals surface area contributed by atoms with Crippen LogP contribution in [0.3, 0.4) is 0 Å². The molecule has 0 aliphatic rings. The third-order valence-electron chi connectivity index (χ3n) is 9.27. The van der Waals surface area contributed by atoms with Gasteiger partial charge in [0.15, 0.2) is 0 Å². The van der Waals surface area contributed by atoms with Crippen LogP contribution in [0.4, 0.5) is 21.5 Å². The molecule has 0 spiro atoms. The molecule has 0 bridgehead atoms. The van der Waals surface area contributed by atoms with E-state index in [1.807, 2.05) is 97.1 Å². The van der Waals surface area contributed by atoms with Gasteiger partial charge >= 0.3 is 0 Å². The fraction of sp³-hybridized carbons (Fsp3) is 0. The van der Waals surface area contributed by atoms with Gasteiger partial charge in [-0.2, -0.15) is 0 Å². The molecule has 0 amide bonds. The van der Waals surface area contributed by atoms with E-state index in [1.165, 1.54) is 0 Å². The monoisotopic (exact) mass is 669 g/mol. The first-order chi connectivity index (χ1) is 25.7. The lowest BCUT2D eigenvalue weighted by molar-refractivity contribution is 0.630. The maximum Gasteiger partial charge on any atom is 0.148 e. The highest BCUT2D eigenvalue weighted by Gasteiger charge is 2.23. The lowest BCUT2D eigenvalue weighted by atomic mass is 9.95. The fourth-order valence-electron chi connectivity index (χ4n) is 6.61. The summed E-state index contributed by atoms with van der Waals surface area (Å²) in [4.78, 5) is 2.06. The van der Waals surface area contributed by atoms with E-state index in [1.54, 1.807) is 6.07 Å². The van der Waals surface area contributed by atoms with Crippen LogP contribution in [-0.4, -0.2) is 0 Å². The Morgan fingerprint density at radius 1 is 0.346 bits per heavy atom. The summed E-state index contributed by atoms with van der Waals surface area (Å²) in [6.07, 6.45) is 8.48. The molecule has 248 valence electrons. The Bertz CT molecular complexity index is 2490. The number of fused-ring (bicyclic) bond motifs is 1. The van der Waals surface area contributed by atoms with Crippen LogP contribution in [0.25, 0.3) is 57.3 Å². The van der Waals surface area contributed by atoms with Crippen LogP contribution in [0.5, 0.6) is 0 Å². The van der Waals surface area contributed by atoms with Crippen molar-refractivity contribution in [1.82, 2.24) is 0 Å². The minimum absolute atomic E-state index is 0.297. The number of nitrogens with zero attached hydrogens (tertiary/aromatic N) is 1. The Hall–Kier alpha value is -6.77. The van der Waals surface area contributed by atoms with Crippen molar-refractivity contribution in [3.63, 3.8) is 0 Å². The number of benzene rings is 8. The molecule has 8 aromatic rings. The molecule has 0 unspecified atom stereocenters. The molecule has 0 fully saturated rings. The Labute approximate surface area is 304 Å². The van der Waals surface area contributed by atoms with Gasteiger partial charge < -0.3 is 4.90 Å². The van der Waals surface area contributed by atoms with Crippen molar-refractivity contribution >= 4 is 52.1 Å². The zero-order chi connectivity index (χ0) is 35.1. The second kappa shape index (κ2) is 15.0. The molecule has 0 aliphatic heterocycles. The minimum Gasteiger partial charge on any atom is -0.307 e. The first kappa shape index (κ1) is 32.4. The van der Waals surface area contributed by atoms with E-state index in [0.29, 0.717) is 5.69 Å². The van der Waals surface area contributed by atoms with Gasteiger partial charge in [0.2, 0.25) is 0 Å². The summed E-state index contributed by atoms with van der Waals surface area (Å²) >= 11 is 0. The van der Waals surface area contributed by atoms with Gasteiger partial charge in [0.05, 0.1) is 5.69 Å². The SMILES string of the molecule is Fc1cc(-c2ccccc2)cc(-c2ccccc2)c1N(c1ccc(/C=C/c2ccccc2)cc1)c1ccc2cc(/C=C/c3ccccc3)ccc2c1. The van der Waals surface area contributed by atoms with Gasteiger partial charge in [0.1, 0.15) is 5.82 Å². The Kier molecular flexibility index (Phi) is 9.36. The summed E-state index contributed by atoms with van der Waals surface area (Å²) in [6, 6.07) is 65.6. The number of halogens is 1. The summed E-state index contributed by atoms with van der Waals surface area (Å²) < 4.78 is 17.0. The third kappa shape index (κ3) is 7.23. The van der Waals surface area contributed by atoms with Crippen LogP contribution in [0.15, 0.2) is 194 Å². The van der Waals surface area contributed by atoms with Crippen molar-refractivity contribution in [2.45, 2.75) is 0 Å². The highest BCUT2D eigenvalue weighted by atomic mass is 19.1. The molecule has 8 aromatic carbocycles. The minimum atomic E-state index is -0.297. The summed E-state index contributed by atoms with van der Waals surface area (Å²) in [7, 11) is 0. The number of hydrogen-bond donors (Lipinski definition) is 0. The van der Waals surface area contributed by atoms with Gasteiger partial charge in [0, 0.05) is 16.9 Å². The average molecular weight is 670 g/mol. The number of rotatable bonds is 9. The van der Waals surface area contributed by atoms with E-state index in [0.717, 1.165) is 66.7 Å². The molecular formula is C50H36FN. The van der Waals surface area contributed by atoms with Gasteiger partial charge in [-0.15, -0.1) is 0 Å². The highest BCUT2D eigenvalue weighted by Crippen LogP contribution is 2.45. The van der Waals surface area contributed by atoms with Crippen molar-refractivity contribution in [2.24, 2.45) is 0 Å². The van der Waals surface area contributed by atoms with E-state index in [-0.39, 0.29) is 5.82 Å². The molecular weight excluding hydrogens is 634 g/mol. The van der Waals surface area contributed by atoms with Crippen molar-refractivity contribution < 1.29 is 4.39 Å². The van der Waals surface area contributed by atoms with Crippen molar-refractivity contribution in [3.8, 4) is 22.3 Å². The van der Waals surface area contributed by atoms with Gasteiger partial charge in [-0.05, 0) is 92.2 Å². The molecule has 52 heavy (non-hydrogen) atoms. The van der Waals surface area contributed by atoms with Crippen molar-refractivity contribution in [1.29, 1.82) is 0 Å². The maximum absolute atomic E-state index is 17.0. The maximum atomic E-state index is 17.0. The molecule has 1 nitrogen and oxygen atoms in total. The van der Waals surface area contributed by atoms with E-state index in [9.17, 15) is 0 Å². The average Bonchev–Trinajstić information content (AvgIpc) is 3.21. The zero-order valence-corrected chi connectivity index (χ0v) is 28.6. The predicted molar refractivity (Wildman–Crippen MR) is 220 cm³/mol. The molecule has 0 atom stereocenters. The topological polar surface area (TPSA) is 3.24 Å². The smallest absolute Gasteiger partial charge is 0.148 e. The Morgan fingerprint density at radius 2 is 0.808 bits per heavy atom. The molecule has 0 aromatic heterocycles. The highest BCUT2D eigenvalue weighted by molar-refractivity contribution is 5.95. The van der Waals surface area contributed by atoms with Gasteiger partial charge in [-0.3, -0.25) is 0 Å². The van der Waals surface area contributed by atoms with Crippen molar-refractivity contribution in [3.05, 3.63) is 222 Å². The van der Waals surface area contributed by atoms with Crippen LogP contribution in [-0.2, 0) is 0 Å². The van der Waals surface area contributed by atoms with Gasteiger partial charge in [-0.25, -0.2) is 4.39 Å². The molecule has 0 saturated carbocycles. The Morgan fingerprint density at radius 3 is 1.42 bits per heavy atom. The molecule has 0 heterocycles. The van der Waals surface area contributed by atoms with E-state index >= 15 is 4.39 Å². The van der Waals surface area contributed by atoms with Crippen LogP contribution in [0.1, 0.15) is 22.3 Å². The Balaban J connectivity index is 1.26. The lowest BCUT2D eigenvalue weighted by Gasteiger charge is -2.29. The van der Waals surface area contributed by atoms with Gasteiger partial charge in [-0.1, -0.05) is 176 Å². The number of hydrogen-bond acceptors (Lipinski definition) is 1. The second-order valence-electron chi connectivity index (χ2n) is 12.8.